The predicted molar refractivity (Wildman–Crippen MR) is 70.7 cm³/mol. The highest BCUT2D eigenvalue weighted by molar-refractivity contribution is 7.89. The molecule has 4 N–H and O–H groups in total. The molecule has 19 heavy (non-hydrogen) atoms. The predicted octanol–water partition coefficient (Wildman–Crippen LogP) is -0.298. The second-order valence-electron chi connectivity index (χ2n) is 4.56. The van der Waals surface area contributed by atoms with Crippen molar-refractivity contribution in [2.75, 3.05) is 6.54 Å². The summed E-state index contributed by atoms with van der Waals surface area (Å²) in [5, 5.41) is 10.9. The third-order valence-corrected chi connectivity index (χ3v) is 4.02. The van der Waals surface area contributed by atoms with Gasteiger partial charge in [0.2, 0.25) is 15.9 Å². The molecule has 0 spiro atoms. The number of rotatable bonds is 4. The number of benzene rings is 1. The van der Waals surface area contributed by atoms with Crippen molar-refractivity contribution >= 4 is 15.9 Å². The van der Waals surface area contributed by atoms with E-state index in [0.29, 0.717) is 6.54 Å². The van der Waals surface area contributed by atoms with Gasteiger partial charge in [0.15, 0.2) is 0 Å². The summed E-state index contributed by atoms with van der Waals surface area (Å²) in [5.41, 5.74) is 0.832. The Morgan fingerprint density at radius 1 is 1.37 bits per heavy atom. The fraction of sp³-hybridized carbons (Fsp3) is 0.417. The molecule has 7 heteroatoms. The number of hydrogen-bond acceptors (Lipinski definition) is 4. The standard InChI is InChI=1S/C12H17N3O3S/c13-19(17,18)10-5-3-9(4-6-10)8-15-12(16)11-2-1-7-14-11/h3-6,11,14H,1-2,7-8H2,(H,15,16)(H2,13,17,18)/t11-/m1/s1. The molecule has 1 aromatic carbocycles. The maximum atomic E-state index is 11.8. The van der Waals surface area contributed by atoms with Gasteiger partial charge in [0.25, 0.3) is 0 Å². The molecule has 1 amide bonds. The third kappa shape index (κ3) is 3.76. The Morgan fingerprint density at radius 3 is 2.58 bits per heavy atom. The Kier molecular flexibility index (Phi) is 4.18. The first-order chi connectivity index (χ1) is 8.97. The minimum Gasteiger partial charge on any atom is -0.351 e. The monoisotopic (exact) mass is 283 g/mol. The van der Waals surface area contributed by atoms with Gasteiger partial charge in [-0.05, 0) is 37.1 Å². The maximum absolute atomic E-state index is 11.8. The zero-order chi connectivity index (χ0) is 13.9. The molecule has 0 aliphatic carbocycles. The van der Waals surface area contributed by atoms with Gasteiger partial charge in [-0.25, -0.2) is 13.6 Å². The normalized spacial score (nSPS) is 19.3. The zero-order valence-corrected chi connectivity index (χ0v) is 11.2. The molecule has 1 aliphatic heterocycles. The van der Waals surface area contributed by atoms with Crippen molar-refractivity contribution in [1.82, 2.24) is 10.6 Å². The van der Waals surface area contributed by atoms with E-state index < -0.39 is 10.0 Å². The number of hydrogen-bond donors (Lipinski definition) is 3. The Labute approximate surface area is 112 Å². The fourth-order valence-corrected chi connectivity index (χ4v) is 2.53. The van der Waals surface area contributed by atoms with Gasteiger partial charge in [0, 0.05) is 6.54 Å². The average Bonchev–Trinajstić information content (AvgIpc) is 2.89. The van der Waals surface area contributed by atoms with Crippen LogP contribution in [0, 0.1) is 0 Å². The zero-order valence-electron chi connectivity index (χ0n) is 10.4. The van der Waals surface area contributed by atoms with Gasteiger partial charge in [0.05, 0.1) is 10.9 Å². The summed E-state index contributed by atoms with van der Waals surface area (Å²) in [6.45, 7) is 1.25. The topological polar surface area (TPSA) is 101 Å². The molecular formula is C12H17N3O3S. The first-order valence-corrected chi connectivity index (χ1v) is 7.64. The van der Waals surface area contributed by atoms with E-state index in [1.165, 1.54) is 12.1 Å². The van der Waals surface area contributed by atoms with Crippen LogP contribution < -0.4 is 15.8 Å². The van der Waals surface area contributed by atoms with Crippen LogP contribution in [0.15, 0.2) is 29.2 Å². The second-order valence-corrected chi connectivity index (χ2v) is 6.12. The highest BCUT2D eigenvalue weighted by Gasteiger charge is 2.21. The Morgan fingerprint density at radius 2 is 2.05 bits per heavy atom. The number of amides is 1. The Balaban J connectivity index is 1.91. The molecular weight excluding hydrogens is 266 g/mol. The number of nitrogens with two attached hydrogens (primary N) is 1. The molecule has 1 aromatic rings. The van der Waals surface area contributed by atoms with Crippen molar-refractivity contribution in [3.8, 4) is 0 Å². The maximum Gasteiger partial charge on any atom is 0.238 e. The lowest BCUT2D eigenvalue weighted by Gasteiger charge is -2.11. The van der Waals surface area contributed by atoms with Gasteiger partial charge < -0.3 is 10.6 Å². The molecule has 0 radical (unpaired) electrons. The molecule has 104 valence electrons. The van der Waals surface area contributed by atoms with Gasteiger partial charge >= 0.3 is 0 Å². The number of carbonyl (C=O) groups is 1. The van der Waals surface area contributed by atoms with Crippen molar-refractivity contribution < 1.29 is 13.2 Å². The fourth-order valence-electron chi connectivity index (χ4n) is 2.02. The molecule has 1 saturated heterocycles. The van der Waals surface area contributed by atoms with Gasteiger partial charge in [-0.3, -0.25) is 4.79 Å². The molecule has 1 fully saturated rings. The van der Waals surface area contributed by atoms with Crippen molar-refractivity contribution in [3.05, 3.63) is 29.8 Å². The van der Waals surface area contributed by atoms with Crippen LogP contribution >= 0.6 is 0 Å². The van der Waals surface area contributed by atoms with E-state index in [1.807, 2.05) is 0 Å². The molecule has 0 aromatic heterocycles. The quantitative estimate of drug-likeness (QED) is 0.706. The van der Waals surface area contributed by atoms with E-state index in [-0.39, 0.29) is 16.8 Å². The summed E-state index contributed by atoms with van der Waals surface area (Å²) in [6.07, 6.45) is 1.87. The van der Waals surface area contributed by atoms with Crippen LogP contribution in [0.5, 0.6) is 0 Å². The smallest absolute Gasteiger partial charge is 0.238 e. The second kappa shape index (κ2) is 5.68. The Bertz CT molecular complexity index is 548. The lowest BCUT2D eigenvalue weighted by atomic mass is 10.2. The van der Waals surface area contributed by atoms with Gasteiger partial charge in [-0.2, -0.15) is 0 Å². The van der Waals surface area contributed by atoms with Crippen LogP contribution in [0.1, 0.15) is 18.4 Å². The van der Waals surface area contributed by atoms with Crippen LogP contribution in [0.2, 0.25) is 0 Å². The van der Waals surface area contributed by atoms with E-state index in [2.05, 4.69) is 10.6 Å². The lowest BCUT2D eigenvalue weighted by molar-refractivity contribution is -0.122. The first kappa shape index (κ1) is 14.0. The largest absolute Gasteiger partial charge is 0.351 e. The summed E-state index contributed by atoms with van der Waals surface area (Å²) in [5.74, 6) is -0.0203. The summed E-state index contributed by atoms with van der Waals surface area (Å²) in [6, 6.07) is 6.04. The van der Waals surface area contributed by atoms with Crippen LogP contribution in [0.4, 0.5) is 0 Å². The molecule has 2 rings (SSSR count). The molecule has 6 nitrogen and oxygen atoms in total. The number of sulfonamides is 1. The first-order valence-electron chi connectivity index (χ1n) is 6.09. The van der Waals surface area contributed by atoms with E-state index in [4.69, 9.17) is 5.14 Å². The van der Waals surface area contributed by atoms with Crippen LogP contribution in [-0.4, -0.2) is 26.9 Å². The highest BCUT2D eigenvalue weighted by Crippen LogP contribution is 2.09. The summed E-state index contributed by atoms with van der Waals surface area (Å²) < 4.78 is 22.2. The van der Waals surface area contributed by atoms with Crippen LogP contribution in [0.25, 0.3) is 0 Å². The third-order valence-electron chi connectivity index (χ3n) is 3.10. The molecule has 1 heterocycles. The number of primary sulfonamides is 1. The molecule has 0 bridgehead atoms. The lowest BCUT2D eigenvalue weighted by Crippen LogP contribution is -2.39. The van der Waals surface area contributed by atoms with Gasteiger partial charge in [-0.15, -0.1) is 0 Å². The van der Waals surface area contributed by atoms with Gasteiger partial charge in [0.1, 0.15) is 0 Å². The molecule has 0 saturated carbocycles. The van der Waals surface area contributed by atoms with E-state index in [0.717, 1.165) is 24.9 Å². The molecule has 1 atom stereocenters. The number of nitrogens with one attached hydrogen (secondary N) is 2. The van der Waals surface area contributed by atoms with Gasteiger partial charge in [-0.1, -0.05) is 12.1 Å². The van der Waals surface area contributed by atoms with Crippen LogP contribution in [0.3, 0.4) is 0 Å². The van der Waals surface area contributed by atoms with E-state index in [9.17, 15) is 13.2 Å². The highest BCUT2D eigenvalue weighted by atomic mass is 32.2. The van der Waals surface area contributed by atoms with Crippen molar-refractivity contribution in [1.29, 1.82) is 0 Å². The SMILES string of the molecule is NS(=O)(=O)c1ccc(CNC(=O)[C@H]2CCCN2)cc1. The van der Waals surface area contributed by atoms with Crippen molar-refractivity contribution in [3.63, 3.8) is 0 Å². The van der Waals surface area contributed by atoms with Crippen molar-refractivity contribution in [2.24, 2.45) is 5.14 Å². The van der Waals surface area contributed by atoms with E-state index >= 15 is 0 Å². The average molecular weight is 283 g/mol. The molecule has 0 unspecified atom stereocenters. The summed E-state index contributed by atoms with van der Waals surface area (Å²) in [4.78, 5) is 11.8. The van der Waals surface area contributed by atoms with Crippen molar-refractivity contribution in [2.45, 2.75) is 30.3 Å². The summed E-state index contributed by atoms with van der Waals surface area (Å²) in [7, 11) is -3.66. The Hall–Kier alpha value is -1.44. The van der Waals surface area contributed by atoms with E-state index in [1.54, 1.807) is 12.1 Å². The van der Waals surface area contributed by atoms with Crippen LogP contribution in [-0.2, 0) is 21.4 Å². The minimum atomic E-state index is -3.66. The summed E-state index contributed by atoms with van der Waals surface area (Å²) >= 11 is 0. The molecule has 1 aliphatic rings. The minimum absolute atomic E-state index is 0.0203. The number of carbonyl (C=O) groups excluding carboxylic acids is 1.